The number of nitrogens with zero attached hydrogens (tertiary/aromatic N) is 1. The van der Waals surface area contributed by atoms with Crippen LogP contribution in [0.25, 0.3) is 0 Å². The molecule has 1 amide bonds. The predicted octanol–water partition coefficient (Wildman–Crippen LogP) is 2.44. The van der Waals surface area contributed by atoms with Gasteiger partial charge >= 0.3 is 12.1 Å². The largest absolute Gasteiger partial charge is 0.481 e. The number of alkyl carbamates (subject to hydrolysis) is 1. The zero-order valence-electron chi connectivity index (χ0n) is 14.4. The molecule has 0 spiro atoms. The molecule has 128 valence electrons. The fourth-order valence-electron chi connectivity index (χ4n) is 2.12. The number of carbonyl (C=O) groups is 2. The molecule has 0 fully saturated rings. The normalized spacial score (nSPS) is 12.8. The number of carboxylic acids is 1. The van der Waals surface area contributed by atoms with Gasteiger partial charge in [0.1, 0.15) is 5.60 Å². The van der Waals surface area contributed by atoms with Crippen molar-refractivity contribution in [1.82, 2.24) is 10.2 Å². The summed E-state index contributed by atoms with van der Waals surface area (Å²) < 4.78 is 5.13. The molecule has 0 aliphatic rings. The fourth-order valence-corrected chi connectivity index (χ4v) is 2.12. The molecule has 0 aliphatic carbocycles. The minimum Gasteiger partial charge on any atom is -0.481 e. The van der Waals surface area contributed by atoms with E-state index in [1.54, 1.807) is 26.8 Å². The Hall–Kier alpha value is -2.08. The summed E-state index contributed by atoms with van der Waals surface area (Å²) in [7, 11) is 3.90. The summed E-state index contributed by atoms with van der Waals surface area (Å²) in [5.41, 5.74) is 1.07. The number of hydrogen-bond acceptors (Lipinski definition) is 4. The Morgan fingerprint density at radius 3 is 2.48 bits per heavy atom. The SMILES string of the molecule is CN(C)Cc1cccc(C(CNC(=O)OC(C)(C)C)C(=O)O)c1. The minimum atomic E-state index is -0.983. The average Bonchev–Trinajstić information content (AvgIpc) is 2.35. The Labute approximate surface area is 137 Å². The van der Waals surface area contributed by atoms with Gasteiger partial charge in [0, 0.05) is 13.1 Å². The van der Waals surface area contributed by atoms with Crippen LogP contribution in [0.15, 0.2) is 24.3 Å². The Balaban J connectivity index is 2.79. The fraction of sp³-hybridized carbons (Fsp3) is 0.529. The van der Waals surface area contributed by atoms with Crippen molar-refractivity contribution in [2.24, 2.45) is 0 Å². The summed E-state index contributed by atoms with van der Waals surface area (Å²) in [6, 6.07) is 7.39. The lowest BCUT2D eigenvalue weighted by Crippen LogP contribution is -2.36. The van der Waals surface area contributed by atoms with Crippen molar-refractivity contribution in [2.75, 3.05) is 20.6 Å². The van der Waals surface area contributed by atoms with Crippen LogP contribution in [-0.4, -0.2) is 48.3 Å². The lowest BCUT2D eigenvalue weighted by Gasteiger charge is -2.21. The zero-order chi connectivity index (χ0) is 17.6. The summed E-state index contributed by atoms with van der Waals surface area (Å²) in [5.74, 6) is -1.80. The highest BCUT2D eigenvalue weighted by atomic mass is 16.6. The highest BCUT2D eigenvalue weighted by Gasteiger charge is 2.23. The number of ether oxygens (including phenoxy) is 1. The molecule has 1 atom stereocenters. The van der Waals surface area contributed by atoms with Gasteiger partial charge in [0.05, 0.1) is 5.92 Å². The van der Waals surface area contributed by atoms with Gasteiger partial charge in [-0.3, -0.25) is 4.79 Å². The second kappa shape index (κ2) is 7.97. The Morgan fingerprint density at radius 2 is 1.96 bits per heavy atom. The minimum absolute atomic E-state index is 0.0182. The zero-order valence-corrected chi connectivity index (χ0v) is 14.4. The van der Waals surface area contributed by atoms with Gasteiger partial charge in [-0.2, -0.15) is 0 Å². The van der Waals surface area contributed by atoms with E-state index in [0.29, 0.717) is 5.56 Å². The van der Waals surface area contributed by atoms with E-state index in [2.05, 4.69) is 5.32 Å². The van der Waals surface area contributed by atoms with Gasteiger partial charge in [0.2, 0.25) is 0 Å². The molecule has 1 rings (SSSR count). The van der Waals surface area contributed by atoms with Gasteiger partial charge in [-0.1, -0.05) is 24.3 Å². The molecule has 0 radical (unpaired) electrons. The third kappa shape index (κ3) is 7.15. The first-order valence-corrected chi connectivity index (χ1v) is 7.51. The molecule has 6 nitrogen and oxygen atoms in total. The van der Waals surface area contributed by atoms with Gasteiger partial charge in [-0.05, 0) is 46.0 Å². The molecule has 0 heterocycles. The molecule has 1 aromatic carbocycles. The van der Waals surface area contributed by atoms with Crippen molar-refractivity contribution in [3.8, 4) is 0 Å². The molecule has 1 unspecified atom stereocenters. The second-order valence-electron chi connectivity index (χ2n) is 6.76. The van der Waals surface area contributed by atoms with Crippen LogP contribution in [0, 0.1) is 0 Å². The molecule has 6 heteroatoms. The number of carbonyl (C=O) groups excluding carboxylic acids is 1. The maximum Gasteiger partial charge on any atom is 0.407 e. The first kappa shape index (κ1) is 19.0. The highest BCUT2D eigenvalue weighted by Crippen LogP contribution is 2.18. The van der Waals surface area contributed by atoms with Crippen LogP contribution in [0.5, 0.6) is 0 Å². The summed E-state index contributed by atoms with van der Waals surface area (Å²) in [4.78, 5) is 25.2. The smallest absolute Gasteiger partial charge is 0.407 e. The van der Waals surface area contributed by atoms with Crippen LogP contribution in [0.3, 0.4) is 0 Å². The van der Waals surface area contributed by atoms with Crippen molar-refractivity contribution in [3.63, 3.8) is 0 Å². The molecule has 0 bridgehead atoms. The number of amides is 1. The van der Waals surface area contributed by atoms with E-state index in [-0.39, 0.29) is 6.54 Å². The lowest BCUT2D eigenvalue weighted by molar-refractivity contribution is -0.138. The van der Waals surface area contributed by atoms with Crippen molar-refractivity contribution in [1.29, 1.82) is 0 Å². The van der Waals surface area contributed by atoms with E-state index in [9.17, 15) is 14.7 Å². The predicted molar refractivity (Wildman–Crippen MR) is 88.4 cm³/mol. The average molecular weight is 322 g/mol. The van der Waals surface area contributed by atoms with Gasteiger partial charge < -0.3 is 20.1 Å². The number of benzene rings is 1. The van der Waals surface area contributed by atoms with E-state index >= 15 is 0 Å². The molecule has 0 saturated heterocycles. The van der Waals surface area contributed by atoms with Crippen molar-refractivity contribution >= 4 is 12.1 Å². The number of aliphatic carboxylic acids is 1. The topological polar surface area (TPSA) is 78.9 Å². The summed E-state index contributed by atoms with van der Waals surface area (Å²) in [6.45, 7) is 5.97. The van der Waals surface area contributed by atoms with Crippen LogP contribution in [-0.2, 0) is 16.1 Å². The maximum atomic E-state index is 11.7. The van der Waals surface area contributed by atoms with Gasteiger partial charge in [-0.25, -0.2) is 4.79 Å². The van der Waals surface area contributed by atoms with Crippen LogP contribution in [0.4, 0.5) is 4.79 Å². The number of hydrogen-bond donors (Lipinski definition) is 2. The molecule has 0 aromatic heterocycles. The molecule has 23 heavy (non-hydrogen) atoms. The lowest BCUT2D eigenvalue weighted by atomic mass is 9.97. The van der Waals surface area contributed by atoms with Crippen molar-refractivity contribution in [3.05, 3.63) is 35.4 Å². The van der Waals surface area contributed by atoms with E-state index in [1.165, 1.54) is 0 Å². The monoisotopic (exact) mass is 322 g/mol. The van der Waals surface area contributed by atoms with E-state index in [1.807, 2.05) is 37.2 Å². The molecule has 1 aromatic rings. The Bertz CT molecular complexity index is 550. The quantitative estimate of drug-likeness (QED) is 0.841. The third-order valence-electron chi connectivity index (χ3n) is 3.00. The van der Waals surface area contributed by atoms with Crippen LogP contribution in [0.1, 0.15) is 37.8 Å². The summed E-state index contributed by atoms with van der Waals surface area (Å²) >= 11 is 0. The first-order chi connectivity index (χ1) is 10.6. The number of carboxylic acid groups (broad SMARTS) is 1. The van der Waals surface area contributed by atoms with Crippen LogP contribution in [0.2, 0.25) is 0 Å². The summed E-state index contributed by atoms with van der Waals surface area (Å²) in [6.07, 6.45) is -0.617. The van der Waals surface area contributed by atoms with E-state index < -0.39 is 23.6 Å². The molecule has 0 aliphatic heterocycles. The van der Waals surface area contributed by atoms with Crippen LogP contribution >= 0.6 is 0 Å². The number of rotatable bonds is 6. The van der Waals surface area contributed by atoms with Crippen molar-refractivity contribution in [2.45, 2.75) is 38.8 Å². The third-order valence-corrected chi connectivity index (χ3v) is 3.00. The molecular formula is C17H26N2O4. The van der Waals surface area contributed by atoms with Crippen molar-refractivity contribution < 1.29 is 19.4 Å². The second-order valence-corrected chi connectivity index (χ2v) is 6.76. The van der Waals surface area contributed by atoms with E-state index in [0.717, 1.165) is 12.1 Å². The van der Waals surface area contributed by atoms with Gasteiger partial charge in [0.15, 0.2) is 0 Å². The molecule has 0 saturated carbocycles. The van der Waals surface area contributed by atoms with Gasteiger partial charge in [-0.15, -0.1) is 0 Å². The van der Waals surface area contributed by atoms with Crippen LogP contribution < -0.4 is 5.32 Å². The van der Waals surface area contributed by atoms with Gasteiger partial charge in [0.25, 0.3) is 0 Å². The van der Waals surface area contributed by atoms with E-state index in [4.69, 9.17) is 4.74 Å². The highest BCUT2D eigenvalue weighted by molar-refractivity contribution is 5.77. The number of nitrogens with one attached hydrogen (secondary N) is 1. The Morgan fingerprint density at radius 1 is 1.30 bits per heavy atom. The Kier molecular flexibility index (Phi) is 6.57. The molecular weight excluding hydrogens is 296 g/mol. The first-order valence-electron chi connectivity index (χ1n) is 7.51. The molecule has 2 N–H and O–H groups in total. The standard InChI is InChI=1S/C17H26N2O4/c1-17(2,3)23-16(22)18-10-14(15(20)21)13-8-6-7-12(9-13)11-19(4)5/h6-9,14H,10-11H2,1-5H3,(H,18,22)(H,20,21). The maximum absolute atomic E-state index is 11.7. The summed E-state index contributed by atoms with van der Waals surface area (Å²) in [5, 5.41) is 12.0.